The van der Waals surface area contributed by atoms with Crippen molar-refractivity contribution in [2.45, 2.75) is 82.5 Å². The molecule has 1 aromatic rings. The number of rotatable bonds is 5. The average Bonchev–Trinajstić information content (AvgIpc) is 2.59. The molecule has 1 aliphatic heterocycles. The number of ether oxygens (including phenoxy) is 1. The van der Waals surface area contributed by atoms with E-state index >= 15 is 0 Å². The van der Waals surface area contributed by atoms with Crippen LogP contribution in [0.25, 0.3) is 0 Å². The largest absolute Gasteiger partial charge is 0.444 e. The standard InChI is InChI=1S/C22H35NO3S/c1-7-21(5,6)27-16-17-10-8-9-11-18(17)22(25)12-14-23(15-13-22)19(24)26-20(2,3)4/h8-11,25H,7,12-16H2,1-6H3. The predicted molar refractivity (Wildman–Crippen MR) is 113 cm³/mol. The zero-order chi connectivity index (χ0) is 20.3. The highest BCUT2D eigenvalue weighted by Crippen LogP contribution is 2.38. The Morgan fingerprint density at radius 2 is 1.78 bits per heavy atom. The molecule has 27 heavy (non-hydrogen) atoms. The SMILES string of the molecule is CCC(C)(C)SCc1ccccc1C1(O)CCN(C(=O)OC(C)(C)C)CC1. The molecule has 1 aromatic carbocycles. The van der Waals surface area contributed by atoms with E-state index in [4.69, 9.17) is 4.74 Å². The number of nitrogens with zero attached hydrogens (tertiary/aromatic N) is 1. The molecule has 0 unspecified atom stereocenters. The first-order valence-electron chi connectivity index (χ1n) is 9.88. The molecule has 0 radical (unpaired) electrons. The molecule has 1 amide bonds. The van der Waals surface area contributed by atoms with Crippen molar-refractivity contribution in [2.24, 2.45) is 0 Å². The number of amides is 1. The van der Waals surface area contributed by atoms with Crippen molar-refractivity contribution in [1.29, 1.82) is 0 Å². The summed E-state index contributed by atoms with van der Waals surface area (Å²) in [6.45, 7) is 13.4. The highest BCUT2D eigenvalue weighted by atomic mass is 32.2. The van der Waals surface area contributed by atoms with Crippen molar-refractivity contribution in [3.8, 4) is 0 Å². The lowest BCUT2D eigenvalue weighted by atomic mass is 9.82. The minimum Gasteiger partial charge on any atom is -0.444 e. The third kappa shape index (κ3) is 6.15. The number of hydrogen-bond donors (Lipinski definition) is 1. The zero-order valence-corrected chi connectivity index (χ0v) is 18.5. The third-order valence-corrected chi connectivity index (χ3v) is 6.76. The van der Waals surface area contributed by atoms with Gasteiger partial charge in [0.25, 0.3) is 0 Å². The van der Waals surface area contributed by atoms with E-state index in [2.05, 4.69) is 26.8 Å². The number of piperidine rings is 1. The molecule has 1 aliphatic rings. The van der Waals surface area contributed by atoms with Crippen LogP contribution in [0, 0.1) is 0 Å². The highest BCUT2D eigenvalue weighted by Gasteiger charge is 2.38. The second-order valence-electron chi connectivity index (χ2n) is 9.06. The van der Waals surface area contributed by atoms with Crippen molar-refractivity contribution in [2.75, 3.05) is 13.1 Å². The van der Waals surface area contributed by atoms with Gasteiger partial charge in [0.15, 0.2) is 0 Å². The summed E-state index contributed by atoms with van der Waals surface area (Å²) < 4.78 is 5.68. The summed E-state index contributed by atoms with van der Waals surface area (Å²) in [5.74, 6) is 0.884. The van der Waals surface area contributed by atoms with Crippen LogP contribution in [-0.4, -0.2) is 39.5 Å². The van der Waals surface area contributed by atoms with Crippen molar-refractivity contribution in [3.63, 3.8) is 0 Å². The lowest BCUT2D eigenvalue weighted by Gasteiger charge is -2.40. The van der Waals surface area contributed by atoms with Crippen LogP contribution in [0.5, 0.6) is 0 Å². The Morgan fingerprint density at radius 3 is 2.33 bits per heavy atom. The van der Waals surface area contributed by atoms with Crippen molar-refractivity contribution >= 4 is 17.9 Å². The van der Waals surface area contributed by atoms with Gasteiger partial charge < -0.3 is 14.7 Å². The van der Waals surface area contributed by atoms with Crippen LogP contribution in [0.4, 0.5) is 4.79 Å². The molecule has 1 fully saturated rings. The molecule has 2 rings (SSSR count). The summed E-state index contributed by atoms with van der Waals surface area (Å²) >= 11 is 1.92. The first-order chi connectivity index (χ1) is 12.5. The minimum absolute atomic E-state index is 0.218. The normalized spacial score (nSPS) is 17.7. The Kier molecular flexibility index (Phi) is 6.91. The first-order valence-corrected chi connectivity index (χ1v) is 10.9. The molecule has 5 heteroatoms. The maximum atomic E-state index is 12.3. The molecular formula is C22H35NO3S. The van der Waals surface area contributed by atoms with Gasteiger partial charge in [0.1, 0.15) is 5.60 Å². The monoisotopic (exact) mass is 393 g/mol. The molecule has 0 atom stereocenters. The van der Waals surface area contributed by atoms with Gasteiger partial charge in [-0.25, -0.2) is 4.79 Å². The lowest BCUT2D eigenvalue weighted by molar-refractivity contribution is -0.0359. The van der Waals surface area contributed by atoms with Crippen LogP contribution in [0.1, 0.15) is 71.9 Å². The Hall–Kier alpha value is -1.20. The summed E-state index contributed by atoms with van der Waals surface area (Å²) in [7, 11) is 0. The van der Waals surface area contributed by atoms with Gasteiger partial charge in [0, 0.05) is 23.6 Å². The van der Waals surface area contributed by atoms with E-state index in [0.29, 0.717) is 25.9 Å². The Morgan fingerprint density at radius 1 is 1.19 bits per heavy atom. The summed E-state index contributed by atoms with van der Waals surface area (Å²) in [4.78, 5) is 14.0. The van der Waals surface area contributed by atoms with Gasteiger partial charge in [0.05, 0.1) is 5.60 Å². The van der Waals surface area contributed by atoms with Crippen LogP contribution in [0.3, 0.4) is 0 Å². The number of carbonyl (C=O) groups excluding carboxylic acids is 1. The Labute approximate surface area is 168 Å². The fourth-order valence-corrected chi connectivity index (χ4v) is 4.13. The second kappa shape index (κ2) is 8.44. The van der Waals surface area contributed by atoms with Gasteiger partial charge in [-0.15, -0.1) is 0 Å². The van der Waals surface area contributed by atoms with E-state index in [9.17, 15) is 9.90 Å². The average molecular weight is 394 g/mol. The summed E-state index contributed by atoms with van der Waals surface area (Å²) in [6, 6.07) is 8.19. The van der Waals surface area contributed by atoms with Gasteiger partial charge in [0.2, 0.25) is 0 Å². The Balaban J connectivity index is 2.08. The number of benzene rings is 1. The fourth-order valence-electron chi connectivity index (χ4n) is 3.13. The molecule has 4 nitrogen and oxygen atoms in total. The number of carbonyl (C=O) groups is 1. The third-order valence-electron chi connectivity index (χ3n) is 5.23. The van der Waals surface area contributed by atoms with Gasteiger partial charge in [-0.05, 0) is 51.2 Å². The molecule has 0 spiro atoms. The molecule has 0 aliphatic carbocycles. The molecule has 1 N–H and O–H groups in total. The van der Waals surface area contributed by atoms with Gasteiger partial charge >= 0.3 is 6.09 Å². The van der Waals surface area contributed by atoms with Gasteiger partial charge in [-0.1, -0.05) is 45.0 Å². The van der Waals surface area contributed by atoms with Gasteiger partial charge in [-0.2, -0.15) is 11.8 Å². The van der Waals surface area contributed by atoms with E-state index in [1.54, 1.807) is 4.90 Å². The highest BCUT2D eigenvalue weighted by molar-refractivity contribution is 7.99. The molecule has 0 bridgehead atoms. The predicted octanol–water partition coefficient (Wildman–Crippen LogP) is 5.33. The van der Waals surface area contributed by atoms with Crippen LogP contribution < -0.4 is 0 Å². The molecule has 152 valence electrons. The molecule has 0 saturated carbocycles. The summed E-state index contributed by atoms with van der Waals surface area (Å²) in [5, 5.41) is 11.4. The van der Waals surface area contributed by atoms with Crippen molar-refractivity contribution in [1.82, 2.24) is 4.90 Å². The van der Waals surface area contributed by atoms with Crippen molar-refractivity contribution < 1.29 is 14.6 Å². The van der Waals surface area contributed by atoms with E-state index in [0.717, 1.165) is 17.7 Å². The Bertz CT molecular complexity index is 643. The zero-order valence-electron chi connectivity index (χ0n) is 17.7. The van der Waals surface area contributed by atoms with Gasteiger partial charge in [-0.3, -0.25) is 0 Å². The van der Waals surface area contributed by atoms with E-state index in [1.165, 1.54) is 5.56 Å². The fraction of sp³-hybridized carbons (Fsp3) is 0.682. The minimum atomic E-state index is -0.883. The molecular weight excluding hydrogens is 358 g/mol. The lowest BCUT2D eigenvalue weighted by Crippen LogP contribution is -2.47. The molecule has 1 heterocycles. The van der Waals surface area contributed by atoms with E-state index in [1.807, 2.05) is 50.7 Å². The maximum absolute atomic E-state index is 12.3. The summed E-state index contributed by atoms with van der Waals surface area (Å²) in [5.41, 5.74) is 0.817. The second-order valence-corrected chi connectivity index (χ2v) is 10.7. The van der Waals surface area contributed by atoms with Crippen LogP contribution in [0.15, 0.2) is 24.3 Å². The quantitative estimate of drug-likeness (QED) is 0.735. The number of hydrogen-bond acceptors (Lipinski definition) is 4. The van der Waals surface area contributed by atoms with Crippen LogP contribution in [0.2, 0.25) is 0 Å². The number of thioether (sulfide) groups is 1. The molecule has 0 aromatic heterocycles. The summed E-state index contributed by atoms with van der Waals surface area (Å²) in [6.07, 6.45) is 1.88. The maximum Gasteiger partial charge on any atom is 0.410 e. The smallest absolute Gasteiger partial charge is 0.410 e. The number of aliphatic hydroxyl groups is 1. The first kappa shape index (κ1) is 22.1. The van der Waals surface area contributed by atoms with Crippen molar-refractivity contribution in [3.05, 3.63) is 35.4 Å². The van der Waals surface area contributed by atoms with E-state index in [-0.39, 0.29) is 10.8 Å². The van der Waals surface area contributed by atoms with Crippen LogP contribution >= 0.6 is 11.8 Å². The van der Waals surface area contributed by atoms with E-state index < -0.39 is 11.2 Å². The number of likely N-dealkylation sites (tertiary alicyclic amines) is 1. The molecule has 1 saturated heterocycles. The van der Waals surface area contributed by atoms with Crippen LogP contribution in [-0.2, 0) is 16.1 Å². The topological polar surface area (TPSA) is 49.8 Å².